The number of hydrogen-bond donors (Lipinski definition) is 0. The summed E-state index contributed by atoms with van der Waals surface area (Å²) in [6.07, 6.45) is 6.16. The van der Waals surface area contributed by atoms with Gasteiger partial charge in [-0.1, -0.05) is 24.3 Å². The molecule has 2 aromatic carbocycles. The third kappa shape index (κ3) is 3.77. The lowest BCUT2D eigenvalue weighted by atomic mass is 10.1. The van der Waals surface area contributed by atoms with E-state index in [9.17, 15) is 0 Å². The molecular formula is C18H20O3S. The fourth-order valence-corrected chi connectivity index (χ4v) is 2.51. The number of ether oxygens (including phenoxy) is 3. The molecule has 0 unspecified atom stereocenters. The molecule has 0 bridgehead atoms. The fraction of sp³-hybridized carbons (Fsp3) is 0.222. The van der Waals surface area contributed by atoms with E-state index in [4.69, 9.17) is 14.2 Å². The first-order chi connectivity index (χ1) is 10.7. The number of hydrogen-bond acceptors (Lipinski definition) is 4. The van der Waals surface area contributed by atoms with Crippen molar-refractivity contribution in [3.05, 3.63) is 47.5 Å². The summed E-state index contributed by atoms with van der Waals surface area (Å²) in [5.74, 6) is 1.91. The van der Waals surface area contributed by atoms with Gasteiger partial charge in [0.15, 0.2) is 11.5 Å². The molecule has 0 saturated carbocycles. The molecule has 0 aliphatic heterocycles. The zero-order valence-corrected chi connectivity index (χ0v) is 14.1. The van der Waals surface area contributed by atoms with E-state index in [2.05, 4.69) is 36.6 Å². The van der Waals surface area contributed by atoms with Gasteiger partial charge >= 0.3 is 0 Å². The summed E-state index contributed by atoms with van der Waals surface area (Å²) < 4.78 is 16.0. The Morgan fingerprint density at radius 3 is 1.77 bits per heavy atom. The molecule has 0 aromatic heterocycles. The first-order valence-corrected chi connectivity index (χ1v) is 8.06. The van der Waals surface area contributed by atoms with Gasteiger partial charge in [0, 0.05) is 4.90 Å². The normalized spacial score (nSPS) is 10.7. The van der Waals surface area contributed by atoms with Gasteiger partial charge < -0.3 is 14.2 Å². The van der Waals surface area contributed by atoms with Crippen LogP contribution in [-0.4, -0.2) is 27.6 Å². The highest BCUT2D eigenvalue weighted by Gasteiger charge is 2.11. The molecule has 0 amide bonds. The highest BCUT2D eigenvalue weighted by molar-refractivity contribution is 7.98. The van der Waals surface area contributed by atoms with Crippen molar-refractivity contribution in [2.45, 2.75) is 4.90 Å². The van der Waals surface area contributed by atoms with E-state index in [1.165, 1.54) is 4.90 Å². The summed E-state index contributed by atoms with van der Waals surface area (Å²) in [4.78, 5) is 1.25. The number of benzene rings is 2. The molecule has 0 aliphatic rings. The smallest absolute Gasteiger partial charge is 0.203 e. The van der Waals surface area contributed by atoms with E-state index in [-0.39, 0.29) is 0 Å². The van der Waals surface area contributed by atoms with Crippen LogP contribution in [0.2, 0.25) is 0 Å². The Morgan fingerprint density at radius 2 is 1.32 bits per heavy atom. The second-order valence-corrected chi connectivity index (χ2v) is 5.44. The topological polar surface area (TPSA) is 27.7 Å². The molecule has 0 aliphatic carbocycles. The van der Waals surface area contributed by atoms with Gasteiger partial charge in [-0.3, -0.25) is 0 Å². The number of methoxy groups -OCH3 is 3. The molecule has 0 N–H and O–H groups in total. The maximum atomic E-state index is 5.36. The van der Waals surface area contributed by atoms with Gasteiger partial charge in [-0.15, -0.1) is 11.8 Å². The standard InChI is InChI=1S/C18H20O3S/c1-19-16-11-14(12-17(20-2)18(16)21-3)6-5-13-7-9-15(22-4)10-8-13/h5-12H,1-4H3/b6-5-. The predicted octanol–water partition coefficient (Wildman–Crippen LogP) is 4.60. The lowest BCUT2D eigenvalue weighted by molar-refractivity contribution is 0.324. The average molecular weight is 316 g/mol. The van der Waals surface area contributed by atoms with Crippen molar-refractivity contribution < 1.29 is 14.2 Å². The minimum Gasteiger partial charge on any atom is -0.493 e. The van der Waals surface area contributed by atoms with Crippen molar-refractivity contribution in [3.63, 3.8) is 0 Å². The van der Waals surface area contributed by atoms with Gasteiger partial charge in [-0.25, -0.2) is 0 Å². The summed E-state index contributed by atoms with van der Waals surface area (Å²) in [5.41, 5.74) is 2.13. The van der Waals surface area contributed by atoms with Gasteiger partial charge in [0.05, 0.1) is 21.3 Å². The molecule has 22 heavy (non-hydrogen) atoms. The zero-order valence-electron chi connectivity index (χ0n) is 13.3. The predicted molar refractivity (Wildman–Crippen MR) is 93.2 cm³/mol. The molecule has 4 heteroatoms. The molecule has 0 heterocycles. The largest absolute Gasteiger partial charge is 0.493 e. The van der Waals surface area contributed by atoms with Gasteiger partial charge in [0.25, 0.3) is 0 Å². The molecular weight excluding hydrogens is 296 g/mol. The molecule has 116 valence electrons. The molecule has 3 nitrogen and oxygen atoms in total. The van der Waals surface area contributed by atoms with Gasteiger partial charge in [-0.2, -0.15) is 0 Å². The van der Waals surface area contributed by atoms with Crippen LogP contribution in [0.4, 0.5) is 0 Å². The lowest BCUT2D eigenvalue weighted by Crippen LogP contribution is -1.95. The van der Waals surface area contributed by atoms with Crippen LogP contribution in [0.1, 0.15) is 11.1 Å². The van der Waals surface area contributed by atoms with E-state index in [0.29, 0.717) is 17.2 Å². The Labute approximate surface area is 135 Å². The number of thioether (sulfide) groups is 1. The second-order valence-electron chi connectivity index (χ2n) is 4.57. The van der Waals surface area contributed by atoms with Crippen LogP contribution in [0.25, 0.3) is 12.2 Å². The minimum atomic E-state index is 0.603. The maximum absolute atomic E-state index is 5.36. The Bertz CT molecular complexity index is 623. The van der Waals surface area contributed by atoms with Crippen molar-refractivity contribution in [1.29, 1.82) is 0 Å². The summed E-state index contributed by atoms with van der Waals surface area (Å²) in [6.45, 7) is 0. The Balaban J connectivity index is 2.29. The summed E-state index contributed by atoms with van der Waals surface area (Å²) >= 11 is 1.73. The van der Waals surface area contributed by atoms with Crippen LogP contribution in [0.15, 0.2) is 41.3 Å². The van der Waals surface area contributed by atoms with E-state index >= 15 is 0 Å². The quantitative estimate of drug-likeness (QED) is 0.575. The minimum absolute atomic E-state index is 0.603. The van der Waals surface area contributed by atoms with Crippen molar-refractivity contribution >= 4 is 23.9 Å². The maximum Gasteiger partial charge on any atom is 0.203 e. The lowest BCUT2D eigenvalue weighted by Gasteiger charge is -2.12. The van der Waals surface area contributed by atoms with Crippen molar-refractivity contribution in [1.82, 2.24) is 0 Å². The second kappa shape index (κ2) is 7.80. The number of rotatable bonds is 6. The van der Waals surface area contributed by atoms with E-state index < -0.39 is 0 Å². The highest BCUT2D eigenvalue weighted by atomic mass is 32.2. The van der Waals surface area contributed by atoms with Crippen LogP contribution in [0, 0.1) is 0 Å². The van der Waals surface area contributed by atoms with Gasteiger partial charge in [-0.05, 0) is 41.6 Å². The fourth-order valence-electron chi connectivity index (χ4n) is 2.11. The summed E-state index contributed by atoms with van der Waals surface area (Å²) in [7, 11) is 4.83. The monoisotopic (exact) mass is 316 g/mol. The Morgan fingerprint density at radius 1 is 0.773 bits per heavy atom. The van der Waals surface area contributed by atoms with E-state index in [1.807, 2.05) is 18.2 Å². The molecule has 0 saturated heterocycles. The highest BCUT2D eigenvalue weighted by Crippen LogP contribution is 2.38. The van der Waals surface area contributed by atoms with Crippen molar-refractivity contribution in [2.75, 3.05) is 27.6 Å². The van der Waals surface area contributed by atoms with Crippen LogP contribution >= 0.6 is 11.8 Å². The Kier molecular flexibility index (Phi) is 5.78. The first kappa shape index (κ1) is 16.3. The SMILES string of the molecule is COc1cc(/C=C\c2ccc(SC)cc2)cc(OC)c1OC. The summed E-state index contributed by atoms with van der Waals surface area (Å²) in [6, 6.07) is 12.3. The summed E-state index contributed by atoms with van der Waals surface area (Å²) in [5, 5.41) is 0. The molecule has 2 rings (SSSR count). The molecule has 0 fully saturated rings. The first-order valence-electron chi connectivity index (χ1n) is 6.84. The zero-order chi connectivity index (χ0) is 15.9. The average Bonchev–Trinajstić information content (AvgIpc) is 2.59. The van der Waals surface area contributed by atoms with E-state index in [1.54, 1.807) is 33.1 Å². The third-order valence-corrected chi connectivity index (χ3v) is 4.01. The molecule has 0 atom stereocenters. The van der Waals surface area contributed by atoms with Crippen molar-refractivity contribution in [3.8, 4) is 17.2 Å². The Hall–Kier alpha value is -2.07. The van der Waals surface area contributed by atoms with Crippen LogP contribution < -0.4 is 14.2 Å². The van der Waals surface area contributed by atoms with Gasteiger partial charge in [0.2, 0.25) is 5.75 Å². The third-order valence-electron chi connectivity index (χ3n) is 3.27. The van der Waals surface area contributed by atoms with Gasteiger partial charge in [0.1, 0.15) is 0 Å². The molecule has 2 aromatic rings. The molecule has 0 radical (unpaired) electrons. The van der Waals surface area contributed by atoms with E-state index in [0.717, 1.165) is 11.1 Å². The van der Waals surface area contributed by atoms with Crippen molar-refractivity contribution in [2.24, 2.45) is 0 Å². The van der Waals surface area contributed by atoms with Crippen LogP contribution in [-0.2, 0) is 0 Å². The molecule has 0 spiro atoms. The van der Waals surface area contributed by atoms with Crippen LogP contribution in [0.5, 0.6) is 17.2 Å². The van der Waals surface area contributed by atoms with Crippen LogP contribution in [0.3, 0.4) is 0 Å².